The molecule has 170 valence electrons. The van der Waals surface area contributed by atoms with Crippen LogP contribution in [0.1, 0.15) is 45.1 Å². The molecule has 2 aliphatic heterocycles. The molecule has 32 heavy (non-hydrogen) atoms. The first kappa shape index (κ1) is 23.3. The number of esters is 1. The largest absolute Gasteiger partial charge is 0.492 e. The van der Waals surface area contributed by atoms with Crippen LogP contribution in [0.25, 0.3) is 0 Å². The minimum Gasteiger partial charge on any atom is -0.492 e. The number of carbonyl (C=O) groups is 3. The van der Waals surface area contributed by atoms with Gasteiger partial charge in [-0.05, 0) is 49.5 Å². The van der Waals surface area contributed by atoms with Crippen LogP contribution in [0.15, 0.2) is 65.7 Å². The maximum atomic E-state index is 13.0. The molecule has 0 saturated carbocycles. The minimum absolute atomic E-state index is 0.253. The summed E-state index contributed by atoms with van der Waals surface area (Å²) in [7, 11) is 0. The SMILES string of the molecule is CCOC(=O)CCCOC1=CN2C(=C(Cc3ccccc3)CC2(CC)C(=O)C(N)=O)C=C1. The van der Waals surface area contributed by atoms with E-state index in [0.29, 0.717) is 44.7 Å². The van der Waals surface area contributed by atoms with Crippen LogP contribution < -0.4 is 5.73 Å². The van der Waals surface area contributed by atoms with Gasteiger partial charge in [0.1, 0.15) is 11.3 Å². The normalized spacial score (nSPS) is 19.4. The standard InChI is InChI=1S/C25H30N2O5/c1-3-25(23(29)24(26)30)16-19(15-18-9-6-5-7-10-18)21-13-12-20(17-27(21)25)32-14-8-11-22(28)31-4-2/h5-7,9-10,12-13,17H,3-4,8,11,14-16H2,1-2H3,(H2,26,30). The van der Waals surface area contributed by atoms with Gasteiger partial charge in [-0.25, -0.2) is 0 Å². The maximum Gasteiger partial charge on any atom is 0.305 e. The summed E-state index contributed by atoms with van der Waals surface area (Å²) in [4.78, 5) is 38.2. The molecule has 1 aromatic carbocycles. The number of hydrogen-bond donors (Lipinski definition) is 1. The van der Waals surface area contributed by atoms with E-state index in [1.807, 2.05) is 54.3 Å². The molecule has 2 aliphatic rings. The molecule has 1 unspecified atom stereocenters. The van der Waals surface area contributed by atoms with Crippen LogP contribution in [-0.4, -0.2) is 41.3 Å². The van der Waals surface area contributed by atoms with Gasteiger partial charge in [-0.1, -0.05) is 37.3 Å². The Balaban J connectivity index is 1.82. The molecule has 2 N–H and O–H groups in total. The van der Waals surface area contributed by atoms with Gasteiger partial charge in [0.15, 0.2) is 0 Å². The van der Waals surface area contributed by atoms with Crippen molar-refractivity contribution in [3.8, 4) is 0 Å². The topological polar surface area (TPSA) is 98.9 Å². The molecule has 1 amide bonds. The number of nitrogens with zero attached hydrogens (tertiary/aromatic N) is 1. The fourth-order valence-electron chi connectivity index (χ4n) is 4.25. The third-order valence-corrected chi connectivity index (χ3v) is 5.84. The van der Waals surface area contributed by atoms with Crippen molar-refractivity contribution in [3.63, 3.8) is 0 Å². The molecule has 0 saturated heterocycles. The minimum atomic E-state index is -1.06. The number of fused-ring (bicyclic) bond motifs is 1. The lowest BCUT2D eigenvalue weighted by atomic mass is 9.84. The molecule has 3 rings (SSSR count). The van der Waals surface area contributed by atoms with Gasteiger partial charge in [-0.3, -0.25) is 14.4 Å². The molecule has 0 radical (unpaired) electrons. The molecule has 0 aliphatic carbocycles. The Morgan fingerprint density at radius 2 is 1.88 bits per heavy atom. The van der Waals surface area contributed by atoms with E-state index in [-0.39, 0.29) is 12.4 Å². The van der Waals surface area contributed by atoms with Crippen LogP contribution in [0.2, 0.25) is 0 Å². The zero-order valence-corrected chi connectivity index (χ0v) is 18.6. The van der Waals surface area contributed by atoms with E-state index in [1.54, 1.807) is 13.1 Å². The van der Waals surface area contributed by atoms with Gasteiger partial charge >= 0.3 is 5.97 Å². The Bertz CT molecular complexity index is 964. The molecule has 0 fully saturated rings. The van der Waals surface area contributed by atoms with E-state index in [4.69, 9.17) is 15.2 Å². The van der Waals surface area contributed by atoms with Gasteiger partial charge in [0.2, 0.25) is 5.78 Å². The summed E-state index contributed by atoms with van der Waals surface area (Å²) in [5, 5.41) is 0. The van der Waals surface area contributed by atoms with E-state index in [0.717, 1.165) is 16.8 Å². The quantitative estimate of drug-likeness (QED) is 0.324. The first-order valence-corrected chi connectivity index (χ1v) is 11.0. The maximum absolute atomic E-state index is 13.0. The monoisotopic (exact) mass is 438 g/mol. The summed E-state index contributed by atoms with van der Waals surface area (Å²) in [5.41, 5.74) is 7.47. The van der Waals surface area contributed by atoms with Crippen LogP contribution in [-0.2, 0) is 30.3 Å². The highest BCUT2D eigenvalue weighted by molar-refractivity contribution is 6.39. The third kappa shape index (κ3) is 4.93. The molecular formula is C25H30N2O5. The number of Topliss-reactive ketones (excluding diaryl/α,β-unsaturated/α-hetero) is 1. The van der Waals surface area contributed by atoms with Crippen molar-refractivity contribution < 1.29 is 23.9 Å². The first-order valence-electron chi connectivity index (χ1n) is 11.0. The van der Waals surface area contributed by atoms with Gasteiger partial charge in [0.25, 0.3) is 5.91 Å². The smallest absolute Gasteiger partial charge is 0.305 e. The Morgan fingerprint density at radius 1 is 1.12 bits per heavy atom. The third-order valence-electron chi connectivity index (χ3n) is 5.84. The van der Waals surface area contributed by atoms with Crippen molar-refractivity contribution in [2.75, 3.05) is 13.2 Å². The number of hydrogen-bond acceptors (Lipinski definition) is 6. The van der Waals surface area contributed by atoms with Crippen molar-refractivity contribution in [1.82, 2.24) is 4.90 Å². The summed E-state index contributed by atoms with van der Waals surface area (Å²) >= 11 is 0. The highest BCUT2D eigenvalue weighted by atomic mass is 16.5. The van der Waals surface area contributed by atoms with E-state index in [2.05, 4.69) is 0 Å². The Labute approximate surface area is 188 Å². The van der Waals surface area contributed by atoms with E-state index in [1.165, 1.54) is 0 Å². The summed E-state index contributed by atoms with van der Waals surface area (Å²) in [6.45, 7) is 4.35. The van der Waals surface area contributed by atoms with Crippen LogP contribution in [0, 0.1) is 0 Å². The molecule has 0 spiro atoms. The molecule has 7 nitrogen and oxygen atoms in total. The van der Waals surface area contributed by atoms with Crippen molar-refractivity contribution in [1.29, 1.82) is 0 Å². The Hall–Kier alpha value is -3.35. The summed E-state index contributed by atoms with van der Waals surface area (Å²) in [5.74, 6) is -1.23. The van der Waals surface area contributed by atoms with Gasteiger partial charge in [-0.15, -0.1) is 0 Å². The van der Waals surface area contributed by atoms with Crippen LogP contribution in [0.3, 0.4) is 0 Å². The zero-order valence-electron chi connectivity index (χ0n) is 18.6. The van der Waals surface area contributed by atoms with E-state index in [9.17, 15) is 14.4 Å². The van der Waals surface area contributed by atoms with Crippen molar-refractivity contribution >= 4 is 17.7 Å². The van der Waals surface area contributed by atoms with Crippen molar-refractivity contribution in [2.24, 2.45) is 5.73 Å². The van der Waals surface area contributed by atoms with E-state index >= 15 is 0 Å². The second kappa shape index (κ2) is 10.3. The van der Waals surface area contributed by atoms with Gasteiger partial charge in [0.05, 0.1) is 13.2 Å². The van der Waals surface area contributed by atoms with Crippen LogP contribution in [0.4, 0.5) is 0 Å². The first-order chi connectivity index (χ1) is 15.4. The molecule has 0 aromatic heterocycles. The summed E-state index contributed by atoms with van der Waals surface area (Å²) in [6.07, 6.45) is 7.86. The number of ether oxygens (including phenoxy) is 2. The fraction of sp³-hybridized carbons (Fsp3) is 0.400. The summed E-state index contributed by atoms with van der Waals surface area (Å²) in [6, 6.07) is 10.0. The van der Waals surface area contributed by atoms with Crippen LogP contribution in [0.5, 0.6) is 0 Å². The fourth-order valence-corrected chi connectivity index (χ4v) is 4.25. The molecular weight excluding hydrogens is 408 g/mol. The number of amides is 1. The number of ketones is 1. The predicted octanol–water partition coefficient (Wildman–Crippen LogP) is 3.16. The number of benzene rings is 1. The lowest BCUT2D eigenvalue weighted by molar-refractivity contribution is -0.143. The number of carbonyl (C=O) groups excluding carboxylic acids is 3. The van der Waals surface area contributed by atoms with Crippen molar-refractivity contribution in [3.05, 3.63) is 71.3 Å². The molecule has 1 aromatic rings. The van der Waals surface area contributed by atoms with Gasteiger partial charge < -0.3 is 20.1 Å². The highest BCUT2D eigenvalue weighted by Crippen LogP contribution is 2.44. The zero-order chi connectivity index (χ0) is 23.1. The van der Waals surface area contributed by atoms with Gasteiger partial charge in [0, 0.05) is 24.7 Å². The van der Waals surface area contributed by atoms with Crippen LogP contribution >= 0.6 is 0 Å². The number of allylic oxidation sites excluding steroid dienone is 2. The summed E-state index contributed by atoms with van der Waals surface area (Å²) < 4.78 is 10.7. The molecule has 7 heteroatoms. The highest BCUT2D eigenvalue weighted by Gasteiger charge is 2.50. The Kier molecular flexibility index (Phi) is 7.51. The average Bonchev–Trinajstić information content (AvgIpc) is 3.10. The predicted molar refractivity (Wildman–Crippen MR) is 120 cm³/mol. The lowest BCUT2D eigenvalue weighted by Crippen LogP contribution is -2.53. The van der Waals surface area contributed by atoms with Gasteiger partial charge in [-0.2, -0.15) is 0 Å². The number of primary amides is 1. The number of nitrogens with two attached hydrogens (primary N) is 1. The number of rotatable bonds is 11. The Morgan fingerprint density at radius 3 is 2.53 bits per heavy atom. The molecule has 0 bridgehead atoms. The molecule has 1 atom stereocenters. The molecule has 2 heterocycles. The lowest BCUT2D eigenvalue weighted by Gasteiger charge is -2.37. The van der Waals surface area contributed by atoms with Crippen molar-refractivity contribution in [2.45, 2.75) is 51.5 Å². The second-order valence-electron chi connectivity index (χ2n) is 7.90. The second-order valence-corrected chi connectivity index (χ2v) is 7.90. The average molecular weight is 439 g/mol. The van der Waals surface area contributed by atoms with E-state index < -0.39 is 17.2 Å².